The summed E-state index contributed by atoms with van der Waals surface area (Å²) in [6, 6.07) is 1.59. The summed E-state index contributed by atoms with van der Waals surface area (Å²) < 4.78 is 1.91. The first-order valence-corrected chi connectivity index (χ1v) is 7.73. The van der Waals surface area contributed by atoms with Gasteiger partial charge in [-0.25, -0.2) is 0 Å². The molecular formula is C14H20BrN3O2. The van der Waals surface area contributed by atoms with Crippen molar-refractivity contribution < 1.29 is 4.79 Å². The molecule has 20 heavy (non-hydrogen) atoms. The standard InChI is InChI=1S/C14H20BrN3O2/c1-3-18-7-5-4-6-12(18)13(19)16-10-8-11(15)14(20)17(2)9-10/h8-9,12H,3-7H2,1-2H3,(H,16,19). The van der Waals surface area contributed by atoms with Crippen LogP contribution in [0.25, 0.3) is 0 Å². The molecule has 110 valence electrons. The largest absolute Gasteiger partial charge is 0.323 e. The van der Waals surface area contributed by atoms with Crippen molar-refractivity contribution >= 4 is 27.5 Å². The lowest BCUT2D eigenvalue weighted by atomic mass is 10.0. The van der Waals surface area contributed by atoms with E-state index in [1.54, 1.807) is 19.3 Å². The van der Waals surface area contributed by atoms with E-state index in [2.05, 4.69) is 33.1 Å². The Balaban J connectivity index is 2.13. The van der Waals surface area contributed by atoms with Crippen LogP contribution in [0.5, 0.6) is 0 Å². The number of pyridine rings is 1. The molecule has 1 aromatic heterocycles. The van der Waals surface area contributed by atoms with Crippen molar-refractivity contribution in [3.8, 4) is 0 Å². The van der Waals surface area contributed by atoms with Crippen molar-refractivity contribution in [2.45, 2.75) is 32.2 Å². The van der Waals surface area contributed by atoms with Crippen molar-refractivity contribution in [2.75, 3.05) is 18.4 Å². The molecule has 0 saturated carbocycles. The Morgan fingerprint density at radius 3 is 2.90 bits per heavy atom. The topological polar surface area (TPSA) is 54.3 Å². The van der Waals surface area contributed by atoms with E-state index in [9.17, 15) is 9.59 Å². The van der Waals surface area contributed by atoms with Gasteiger partial charge in [0, 0.05) is 13.2 Å². The van der Waals surface area contributed by atoms with Gasteiger partial charge in [-0.1, -0.05) is 13.3 Å². The predicted octanol–water partition coefficient (Wildman–Crippen LogP) is 1.96. The number of hydrogen-bond donors (Lipinski definition) is 1. The lowest BCUT2D eigenvalue weighted by Gasteiger charge is -2.33. The number of carbonyl (C=O) groups excluding carboxylic acids is 1. The molecule has 1 amide bonds. The Bertz CT molecular complexity index is 530. The molecule has 1 aliphatic rings. The first-order valence-electron chi connectivity index (χ1n) is 6.94. The Morgan fingerprint density at radius 2 is 2.25 bits per heavy atom. The van der Waals surface area contributed by atoms with Gasteiger partial charge < -0.3 is 9.88 Å². The zero-order valence-electron chi connectivity index (χ0n) is 11.9. The molecule has 1 atom stereocenters. The van der Waals surface area contributed by atoms with Crippen LogP contribution >= 0.6 is 15.9 Å². The summed E-state index contributed by atoms with van der Waals surface area (Å²) in [5, 5.41) is 2.91. The second-order valence-corrected chi connectivity index (χ2v) is 5.98. The Morgan fingerprint density at radius 1 is 1.50 bits per heavy atom. The lowest BCUT2D eigenvalue weighted by Crippen LogP contribution is -2.46. The number of amides is 1. The highest BCUT2D eigenvalue weighted by molar-refractivity contribution is 9.10. The van der Waals surface area contributed by atoms with E-state index >= 15 is 0 Å². The average Bonchev–Trinajstić information content (AvgIpc) is 2.44. The summed E-state index contributed by atoms with van der Waals surface area (Å²) >= 11 is 3.21. The van der Waals surface area contributed by atoms with Crippen molar-refractivity contribution in [2.24, 2.45) is 7.05 Å². The van der Waals surface area contributed by atoms with E-state index in [-0.39, 0.29) is 17.5 Å². The van der Waals surface area contributed by atoms with E-state index in [0.717, 1.165) is 32.4 Å². The third-order valence-corrected chi connectivity index (χ3v) is 4.30. The smallest absolute Gasteiger partial charge is 0.264 e. The van der Waals surface area contributed by atoms with Crippen molar-refractivity contribution in [3.63, 3.8) is 0 Å². The lowest BCUT2D eigenvalue weighted by molar-refractivity contribution is -0.122. The fourth-order valence-corrected chi connectivity index (χ4v) is 3.16. The molecule has 2 heterocycles. The summed E-state index contributed by atoms with van der Waals surface area (Å²) in [6.07, 6.45) is 4.78. The summed E-state index contributed by atoms with van der Waals surface area (Å²) in [6.45, 7) is 3.94. The second kappa shape index (κ2) is 6.54. The molecule has 1 fully saturated rings. The molecule has 1 aliphatic heterocycles. The van der Waals surface area contributed by atoms with Gasteiger partial charge in [-0.15, -0.1) is 0 Å². The Labute approximate surface area is 127 Å². The van der Waals surface area contributed by atoms with Crippen molar-refractivity contribution in [3.05, 3.63) is 27.1 Å². The van der Waals surface area contributed by atoms with Crippen LogP contribution in [-0.4, -0.2) is 34.5 Å². The summed E-state index contributed by atoms with van der Waals surface area (Å²) in [7, 11) is 1.67. The van der Waals surface area contributed by atoms with Crippen LogP contribution < -0.4 is 10.9 Å². The number of nitrogens with zero attached hydrogens (tertiary/aromatic N) is 2. The zero-order valence-corrected chi connectivity index (χ0v) is 13.4. The maximum atomic E-state index is 12.4. The minimum Gasteiger partial charge on any atom is -0.323 e. The van der Waals surface area contributed by atoms with Gasteiger partial charge in [0.05, 0.1) is 16.2 Å². The van der Waals surface area contributed by atoms with E-state index in [1.165, 1.54) is 4.57 Å². The quantitative estimate of drug-likeness (QED) is 0.914. The van der Waals surface area contributed by atoms with Crippen LogP contribution in [0.3, 0.4) is 0 Å². The number of carbonyl (C=O) groups is 1. The zero-order chi connectivity index (χ0) is 14.7. The van der Waals surface area contributed by atoms with E-state index in [1.807, 2.05) is 0 Å². The number of aryl methyl sites for hydroxylation is 1. The van der Waals surface area contributed by atoms with E-state index < -0.39 is 0 Å². The number of anilines is 1. The number of likely N-dealkylation sites (N-methyl/N-ethyl adjacent to an activating group) is 1. The van der Waals surface area contributed by atoms with Crippen LogP contribution in [0.2, 0.25) is 0 Å². The van der Waals surface area contributed by atoms with Gasteiger partial charge in [-0.2, -0.15) is 0 Å². The average molecular weight is 342 g/mol. The molecular weight excluding hydrogens is 322 g/mol. The summed E-state index contributed by atoms with van der Waals surface area (Å²) in [4.78, 5) is 26.2. The normalized spacial score (nSPS) is 19.9. The number of nitrogens with one attached hydrogen (secondary N) is 1. The highest BCUT2D eigenvalue weighted by Crippen LogP contribution is 2.19. The second-order valence-electron chi connectivity index (χ2n) is 5.12. The van der Waals surface area contributed by atoms with Crippen LogP contribution in [0, 0.1) is 0 Å². The van der Waals surface area contributed by atoms with Crippen LogP contribution in [-0.2, 0) is 11.8 Å². The minimum atomic E-state index is -0.115. The summed E-state index contributed by atoms with van der Waals surface area (Å²) in [5.41, 5.74) is 0.529. The van der Waals surface area contributed by atoms with Crippen molar-refractivity contribution in [1.82, 2.24) is 9.47 Å². The first-order chi connectivity index (χ1) is 9.52. The Hall–Kier alpha value is -1.14. The van der Waals surface area contributed by atoms with Crippen LogP contribution in [0.15, 0.2) is 21.5 Å². The SMILES string of the molecule is CCN1CCCCC1C(=O)Nc1cc(Br)c(=O)n(C)c1. The van der Waals surface area contributed by atoms with E-state index in [4.69, 9.17) is 0 Å². The van der Waals surface area contributed by atoms with Gasteiger partial charge in [0.25, 0.3) is 5.56 Å². The molecule has 2 rings (SSSR count). The monoisotopic (exact) mass is 341 g/mol. The number of rotatable bonds is 3. The number of halogens is 1. The molecule has 1 unspecified atom stereocenters. The molecule has 1 saturated heterocycles. The summed E-state index contributed by atoms with van der Waals surface area (Å²) in [5.74, 6) is 0.0112. The van der Waals surface area contributed by atoms with Gasteiger partial charge in [-0.05, 0) is 47.9 Å². The molecule has 0 aliphatic carbocycles. The maximum Gasteiger partial charge on any atom is 0.264 e. The van der Waals surface area contributed by atoms with Gasteiger partial charge in [0.1, 0.15) is 0 Å². The molecule has 0 aromatic carbocycles. The molecule has 6 heteroatoms. The highest BCUT2D eigenvalue weighted by Gasteiger charge is 2.27. The molecule has 1 aromatic rings. The third kappa shape index (κ3) is 3.30. The first kappa shape index (κ1) is 15.3. The fourth-order valence-electron chi connectivity index (χ4n) is 2.63. The fraction of sp³-hybridized carbons (Fsp3) is 0.571. The highest BCUT2D eigenvalue weighted by atomic mass is 79.9. The number of aromatic nitrogens is 1. The predicted molar refractivity (Wildman–Crippen MR) is 82.9 cm³/mol. The molecule has 5 nitrogen and oxygen atoms in total. The van der Waals surface area contributed by atoms with Gasteiger partial charge >= 0.3 is 0 Å². The minimum absolute atomic E-state index is 0.0112. The number of likely N-dealkylation sites (tertiary alicyclic amines) is 1. The maximum absolute atomic E-state index is 12.4. The molecule has 0 bridgehead atoms. The molecule has 0 spiro atoms. The molecule has 1 N–H and O–H groups in total. The van der Waals surface area contributed by atoms with Crippen LogP contribution in [0.1, 0.15) is 26.2 Å². The molecule has 0 radical (unpaired) electrons. The number of piperidine rings is 1. The van der Waals surface area contributed by atoms with Gasteiger partial charge in [0.15, 0.2) is 0 Å². The third-order valence-electron chi connectivity index (χ3n) is 3.73. The van der Waals surface area contributed by atoms with Crippen LogP contribution in [0.4, 0.5) is 5.69 Å². The Kier molecular flexibility index (Phi) is 4.99. The van der Waals surface area contributed by atoms with E-state index in [0.29, 0.717) is 10.2 Å². The van der Waals surface area contributed by atoms with Crippen molar-refractivity contribution in [1.29, 1.82) is 0 Å². The number of hydrogen-bond acceptors (Lipinski definition) is 3. The van der Waals surface area contributed by atoms with Gasteiger partial charge in [0.2, 0.25) is 5.91 Å². The van der Waals surface area contributed by atoms with Gasteiger partial charge in [-0.3, -0.25) is 14.5 Å².